The Kier molecular flexibility index (Phi) is 3.94. The number of nitrogens with zero attached hydrogens (tertiary/aromatic N) is 1. The summed E-state index contributed by atoms with van der Waals surface area (Å²) >= 11 is 0. The molecule has 0 unspecified atom stereocenters. The first kappa shape index (κ1) is 14.2. The number of hydrogen-bond acceptors (Lipinski definition) is 5. The predicted octanol–water partition coefficient (Wildman–Crippen LogP) is 2.10. The van der Waals surface area contributed by atoms with Crippen LogP contribution in [0.5, 0.6) is 5.75 Å². The highest BCUT2D eigenvalue weighted by molar-refractivity contribution is 5.97. The summed E-state index contributed by atoms with van der Waals surface area (Å²) in [4.78, 5) is 21.9. The van der Waals surface area contributed by atoms with Gasteiger partial charge in [0.05, 0.1) is 10.5 Å². The average Bonchev–Trinajstić information content (AvgIpc) is 2.47. The standard InChI is InChI=1S/C14H11N3O4/c15-13(16)9-1-3-10(4-2-9)14(18)21-12-7-5-11(6-8-12)17(19)20/h1-8H,(H3,15,16). The third-order valence-corrected chi connectivity index (χ3v) is 2.69. The van der Waals surface area contributed by atoms with E-state index in [9.17, 15) is 14.9 Å². The SMILES string of the molecule is N=C(N)c1ccc(C(=O)Oc2ccc([N+](=O)[O-])cc2)cc1. The summed E-state index contributed by atoms with van der Waals surface area (Å²) in [5.41, 5.74) is 6.02. The van der Waals surface area contributed by atoms with Crippen molar-refractivity contribution in [2.45, 2.75) is 0 Å². The zero-order valence-corrected chi connectivity index (χ0v) is 10.8. The van der Waals surface area contributed by atoms with Gasteiger partial charge in [0.25, 0.3) is 5.69 Å². The molecule has 2 rings (SSSR count). The second-order valence-electron chi connectivity index (χ2n) is 4.13. The molecule has 0 aromatic heterocycles. The van der Waals surface area contributed by atoms with Gasteiger partial charge >= 0.3 is 5.97 Å². The number of rotatable bonds is 4. The lowest BCUT2D eigenvalue weighted by Gasteiger charge is -2.05. The number of nitrogens with one attached hydrogen (secondary N) is 1. The molecular formula is C14H11N3O4. The fourth-order valence-electron chi connectivity index (χ4n) is 1.59. The van der Waals surface area contributed by atoms with Gasteiger partial charge < -0.3 is 10.5 Å². The van der Waals surface area contributed by atoms with Crippen molar-refractivity contribution in [3.05, 3.63) is 69.8 Å². The molecule has 0 saturated heterocycles. The normalized spacial score (nSPS) is 9.90. The zero-order chi connectivity index (χ0) is 15.4. The molecule has 0 saturated carbocycles. The highest BCUT2D eigenvalue weighted by atomic mass is 16.6. The van der Waals surface area contributed by atoms with Gasteiger partial charge in [-0.15, -0.1) is 0 Å². The lowest BCUT2D eigenvalue weighted by atomic mass is 10.1. The van der Waals surface area contributed by atoms with Crippen LogP contribution in [0.15, 0.2) is 48.5 Å². The van der Waals surface area contributed by atoms with Gasteiger partial charge in [-0.25, -0.2) is 4.79 Å². The van der Waals surface area contributed by atoms with Crippen molar-refractivity contribution in [2.24, 2.45) is 5.73 Å². The van der Waals surface area contributed by atoms with Gasteiger partial charge in [0.15, 0.2) is 0 Å². The van der Waals surface area contributed by atoms with Gasteiger partial charge in [-0.2, -0.15) is 0 Å². The van der Waals surface area contributed by atoms with E-state index >= 15 is 0 Å². The predicted molar refractivity (Wildman–Crippen MR) is 75.5 cm³/mol. The molecule has 2 aromatic carbocycles. The molecule has 0 aliphatic rings. The molecule has 0 aliphatic heterocycles. The van der Waals surface area contributed by atoms with Gasteiger partial charge in [0, 0.05) is 17.7 Å². The minimum atomic E-state index is -0.598. The summed E-state index contributed by atoms with van der Waals surface area (Å²) in [7, 11) is 0. The Morgan fingerprint density at radius 2 is 1.57 bits per heavy atom. The van der Waals surface area contributed by atoms with Crippen LogP contribution in [0.1, 0.15) is 15.9 Å². The van der Waals surface area contributed by atoms with Crippen molar-refractivity contribution in [1.82, 2.24) is 0 Å². The molecule has 0 fully saturated rings. The Morgan fingerprint density at radius 3 is 2.05 bits per heavy atom. The van der Waals surface area contributed by atoms with E-state index in [-0.39, 0.29) is 17.3 Å². The van der Waals surface area contributed by atoms with Gasteiger partial charge in [0.1, 0.15) is 11.6 Å². The molecule has 106 valence electrons. The van der Waals surface area contributed by atoms with Gasteiger partial charge in [-0.1, -0.05) is 12.1 Å². The molecule has 0 aliphatic carbocycles. The quantitative estimate of drug-likeness (QED) is 0.222. The third kappa shape index (κ3) is 3.41. The van der Waals surface area contributed by atoms with Crippen LogP contribution < -0.4 is 10.5 Å². The molecule has 0 heterocycles. The number of non-ortho nitro benzene ring substituents is 1. The van der Waals surface area contributed by atoms with Gasteiger partial charge in [-0.3, -0.25) is 15.5 Å². The largest absolute Gasteiger partial charge is 0.423 e. The Labute approximate surface area is 119 Å². The first-order valence-corrected chi connectivity index (χ1v) is 5.88. The van der Waals surface area contributed by atoms with E-state index < -0.39 is 10.9 Å². The number of nitrogen functional groups attached to an aromatic ring is 1. The Hall–Kier alpha value is -3.22. The highest BCUT2D eigenvalue weighted by Crippen LogP contribution is 2.18. The van der Waals surface area contributed by atoms with E-state index in [1.807, 2.05) is 0 Å². The lowest BCUT2D eigenvalue weighted by Crippen LogP contribution is -2.12. The summed E-state index contributed by atoms with van der Waals surface area (Å²) in [5.74, 6) is -0.481. The van der Waals surface area contributed by atoms with E-state index in [1.54, 1.807) is 0 Å². The van der Waals surface area contributed by atoms with E-state index in [2.05, 4.69) is 0 Å². The van der Waals surface area contributed by atoms with Crippen LogP contribution in [-0.4, -0.2) is 16.7 Å². The van der Waals surface area contributed by atoms with Crippen molar-refractivity contribution in [2.75, 3.05) is 0 Å². The molecule has 7 heteroatoms. The minimum Gasteiger partial charge on any atom is -0.423 e. The van der Waals surface area contributed by atoms with Crippen LogP contribution in [0, 0.1) is 15.5 Å². The topological polar surface area (TPSA) is 119 Å². The van der Waals surface area contributed by atoms with Crippen LogP contribution in [0.4, 0.5) is 5.69 Å². The van der Waals surface area contributed by atoms with Crippen molar-refractivity contribution in [3.8, 4) is 5.75 Å². The fourth-order valence-corrected chi connectivity index (χ4v) is 1.59. The number of nitrogens with two attached hydrogens (primary N) is 1. The van der Waals surface area contributed by atoms with Gasteiger partial charge in [-0.05, 0) is 24.3 Å². The molecule has 0 bridgehead atoms. The maximum absolute atomic E-state index is 11.9. The Balaban J connectivity index is 2.10. The maximum atomic E-state index is 11.9. The van der Waals surface area contributed by atoms with Crippen molar-refractivity contribution in [3.63, 3.8) is 0 Å². The molecule has 0 radical (unpaired) electrons. The van der Waals surface area contributed by atoms with E-state index in [1.165, 1.54) is 48.5 Å². The minimum absolute atomic E-state index is 0.0828. The summed E-state index contributed by atoms with van der Waals surface area (Å²) in [6.45, 7) is 0. The zero-order valence-electron chi connectivity index (χ0n) is 10.8. The third-order valence-electron chi connectivity index (χ3n) is 2.69. The number of hydrogen-bond donors (Lipinski definition) is 2. The van der Waals surface area contributed by atoms with Crippen LogP contribution in [0.25, 0.3) is 0 Å². The number of nitro groups is 1. The number of esters is 1. The van der Waals surface area contributed by atoms with Crippen LogP contribution in [0.2, 0.25) is 0 Å². The number of nitro benzene ring substituents is 1. The maximum Gasteiger partial charge on any atom is 0.343 e. The van der Waals surface area contributed by atoms with E-state index in [0.29, 0.717) is 11.1 Å². The van der Waals surface area contributed by atoms with Gasteiger partial charge in [0.2, 0.25) is 0 Å². The van der Waals surface area contributed by atoms with Crippen LogP contribution >= 0.6 is 0 Å². The molecular weight excluding hydrogens is 274 g/mol. The Morgan fingerprint density at radius 1 is 1.05 bits per heavy atom. The smallest absolute Gasteiger partial charge is 0.343 e. The van der Waals surface area contributed by atoms with Crippen molar-refractivity contribution in [1.29, 1.82) is 5.41 Å². The lowest BCUT2D eigenvalue weighted by molar-refractivity contribution is -0.384. The number of carbonyl (C=O) groups is 1. The number of carbonyl (C=O) groups excluding carboxylic acids is 1. The Bertz CT molecular complexity index is 693. The molecule has 3 N–H and O–H groups in total. The number of ether oxygens (including phenoxy) is 1. The highest BCUT2D eigenvalue weighted by Gasteiger charge is 2.10. The molecule has 0 amide bonds. The second kappa shape index (κ2) is 5.83. The first-order chi connectivity index (χ1) is 9.97. The summed E-state index contributed by atoms with van der Waals surface area (Å²) in [5, 5.41) is 17.8. The summed E-state index contributed by atoms with van der Waals surface area (Å²) < 4.78 is 5.09. The molecule has 0 spiro atoms. The fraction of sp³-hybridized carbons (Fsp3) is 0. The average molecular weight is 285 g/mol. The number of benzene rings is 2. The molecule has 2 aromatic rings. The van der Waals surface area contributed by atoms with Crippen LogP contribution in [-0.2, 0) is 0 Å². The van der Waals surface area contributed by atoms with Crippen molar-refractivity contribution >= 4 is 17.5 Å². The van der Waals surface area contributed by atoms with E-state index in [4.69, 9.17) is 15.9 Å². The second-order valence-corrected chi connectivity index (χ2v) is 4.13. The van der Waals surface area contributed by atoms with Crippen LogP contribution in [0.3, 0.4) is 0 Å². The molecule has 7 nitrogen and oxygen atoms in total. The summed E-state index contributed by atoms with van der Waals surface area (Å²) in [6, 6.07) is 11.3. The number of amidine groups is 1. The van der Waals surface area contributed by atoms with E-state index in [0.717, 1.165) is 0 Å². The monoisotopic (exact) mass is 285 g/mol. The summed E-state index contributed by atoms with van der Waals surface area (Å²) in [6.07, 6.45) is 0. The van der Waals surface area contributed by atoms with Crippen molar-refractivity contribution < 1.29 is 14.5 Å². The molecule has 0 atom stereocenters. The molecule has 21 heavy (non-hydrogen) atoms. The first-order valence-electron chi connectivity index (χ1n) is 5.88.